The highest BCUT2D eigenvalue weighted by Crippen LogP contribution is 2.48. The summed E-state index contributed by atoms with van der Waals surface area (Å²) in [5, 5.41) is 5.16. The van der Waals surface area contributed by atoms with Crippen molar-refractivity contribution in [1.29, 1.82) is 0 Å². The van der Waals surface area contributed by atoms with Crippen LogP contribution in [0.25, 0.3) is 0 Å². The number of benzene rings is 1. The molecule has 28 heavy (non-hydrogen) atoms. The molecule has 1 aliphatic heterocycles. The van der Waals surface area contributed by atoms with Crippen LogP contribution >= 0.6 is 11.3 Å². The van der Waals surface area contributed by atoms with E-state index in [0.29, 0.717) is 31.5 Å². The van der Waals surface area contributed by atoms with E-state index in [2.05, 4.69) is 26.4 Å². The Morgan fingerprint density at radius 2 is 2.04 bits per heavy atom. The highest BCUT2D eigenvalue weighted by Gasteiger charge is 2.40. The Bertz CT molecular complexity index is 805. The van der Waals surface area contributed by atoms with Crippen LogP contribution in [0.1, 0.15) is 34.9 Å². The molecule has 0 radical (unpaired) electrons. The van der Waals surface area contributed by atoms with Crippen molar-refractivity contribution in [1.82, 2.24) is 10.2 Å². The largest absolute Gasteiger partial charge is 0.435 e. The molecule has 2 aromatic rings. The van der Waals surface area contributed by atoms with Gasteiger partial charge in [0.1, 0.15) is 5.75 Å². The van der Waals surface area contributed by atoms with Gasteiger partial charge in [0.2, 0.25) is 5.91 Å². The molecular weight excluding hydrogens is 382 g/mol. The van der Waals surface area contributed by atoms with Crippen molar-refractivity contribution in [2.45, 2.75) is 38.3 Å². The Kier molecular flexibility index (Phi) is 5.92. The van der Waals surface area contributed by atoms with Gasteiger partial charge in [-0.3, -0.25) is 9.69 Å². The lowest BCUT2D eigenvalue weighted by molar-refractivity contribution is -0.123. The topological polar surface area (TPSA) is 41.6 Å². The minimum absolute atomic E-state index is 0.0435. The summed E-state index contributed by atoms with van der Waals surface area (Å²) >= 11 is 1.83. The molecule has 7 heteroatoms. The zero-order valence-corrected chi connectivity index (χ0v) is 16.4. The lowest BCUT2D eigenvalue weighted by Crippen LogP contribution is -2.43. The third kappa shape index (κ3) is 4.70. The van der Waals surface area contributed by atoms with E-state index in [-0.39, 0.29) is 11.7 Å². The summed E-state index contributed by atoms with van der Waals surface area (Å²) in [5.74, 6) is 0.879. The van der Waals surface area contributed by atoms with Crippen LogP contribution in [0, 0.1) is 5.92 Å². The van der Waals surface area contributed by atoms with Crippen molar-refractivity contribution >= 4 is 17.2 Å². The summed E-state index contributed by atoms with van der Waals surface area (Å²) in [6.45, 7) is -0.922. The number of nitrogens with zero attached hydrogens (tertiary/aromatic N) is 1. The molecule has 0 unspecified atom stereocenters. The monoisotopic (exact) mass is 406 g/mol. The number of amides is 1. The molecule has 1 saturated carbocycles. The quantitative estimate of drug-likeness (QED) is 0.720. The number of fused-ring (bicyclic) bond motifs is 1. The number of hydrogen-bond acceptors (Lipinski definition) is 4. The Hall–Kier alpha value is -1.99. The fourth-order valence-electron chi connectivity index (χ4n) is 3.96. The molecule has 1 amide bonds. The van der Waals surface area contributed by atoms with Gasteiger partial charge < -0.3 is 10.1 Å². The predicted molar refractivity (Wildman–Crippen MR) is 105 cm³/mol. The molecule has 1 aromatic carbocycles. The van der Waals surface area contributed by atoms with E-state index in [1.165, 1.54) is 35.4 Å². The van der Waals surface area contributed by atoms with E-state index in [1.54, 1.807) is 12.1 Å². The van der Waals surface area contributed by atoms with Gasteiger partial charge >= 0.3 is 6.61 Å². The summed E-state index contributed by atoms with van der Waals surface area (Å²) in [6, 6.07) is 9.16. The van der Waals surface area contributed by atoms with Gasteiger partial charge in [0.25, 0.3) is 0 Å². The lowest BCUT2D eigenvalue weighted by atomic mass is 9.96. The summed E-state index contributed by atoms with van der Waals surface area (Å²) in [5.41, 5.74) is 2.40. The molecule has 0 spiro atoms. The van der Waals surface area contributed by atoms with Crippen LogP contribution in [-0.4, -0.2) is 37.1 Å². The number of thiophene rings is 1. The first kappa shape index (κ1) is 19.3. The van der Waals surface area contributed by atoms with Gasteiger partial charge in [-0.1, -0.05) is 12.1 Å². The first-order valence-electron chi connectivity index (χ1n) is 9.71. The second kappa shape index (κ2) is 8.57. The molecule has 0 saturated heterocycles. The number of halogens is 2. The Balaban J connectivity index is 1.25. The van der Waals surface area contributed by atoms with E-state index in [4.69, 9.17) is 0 Å². The van der Waals surface area contributed by atoms with Gasteiger partial charge in [-0.15, -0.1) is 11.3 Å². The second-order valence-electron chi connectivity index (χ2n) is 7.42. The number of ether oxygens (including phenoxy) is 1. The highest BCUT2D eigenvalue weighted by molar-refractivity contribution is 7.10. The highest BCUT2D eigenvalue weighted by atomic mass is 32.1. The summed E-state index contributed by atoms with van der Waals surface area (Å²) in [4.78, 5) is 16.3. The zero-order valence-electron chi connectivity index (χ0n) is 15.6. The van der Waals surface area contributed by atoms with Crippen molar-refractivity contribution in [2.24, 2.45) is 5.92 Å². The molecule has 1 aromatic heterocycles. The molecule has 2 aliphatic rings. The van der Waals surface area contributed by atoms with E-state index < -0.39 is 6.61 Å². The average molecular weight is 406 g/mol. The van der Waals surface area contributed by atoms with Crippen LogP contribution in [-0.2, 0) is 17.6 Å². The number of hydrogen-bond donors (Lipinski definition) is 1. The van der Waals surface area contributed by atoms with Crippen molar-refractivity contribution in [3.8, 4) is 5.75 Å². The van der Waals surface area contributed by atoms with Gasteiger partial charge in [-0.2, -0.15) is 8.78 Å². The van der Waals surface area contributed by atoms with Gasteiger partial charge in [0.05, 0.1) is 6.54 Å². The Morgan fingerprint density at radius 1 is 1.25 bits per heavy atom. The molecule has 4 nitrogen and oxygen atoms in total. The summed E-state index contributed by atoms with van der Waals surface area (Å²) < 4.78 is 28.7. The van der Waals surface area contributed by atoms with Crippen LogP contribution in [0.2, 0.25) is 0 Å². The lowest BCUT2D eigenvalue weighted by Gasteiger charge is -2.35. The second-order valence-corrected chi connectivity index (χ2v) is 8.42. The molecule has 1 fully saturated rings. The first-order chi connectivity index (χ1) is 13.6. The van der Waals surface area contributed by atoms with E-state index in [1.807, 2.05) is 11.3 Å². The smallest absolute Gasteiger partial charge is 0.387 e. The first-order valence-corrected chi connectivity index (χ1v) is 10.6. The molecule has 1 N–H and O–H groups in total. The predicted octanol–water partition coefficient (Wildman–Crippen LogP) is 4.02. The third-order valence-electron chi connectivity index (χ3n) is 5.42. The van der Waals surface area contributed by atoms with Gasteiger partial charge in [0.15, 0.2) is 0 Å². The van der Waals surface area contributed by atoms with Crippen LogP contribution in [0.4, 0.5) is 8.78 Å². The number of carbonyl (C=O) groups is 1. The minimum atomic E-state index is -2.82. The number of nitrogens with one attached hydrogen (secondary N) is 1. The van der Waals surface area contributed by atoms with Gasteiger partial charge in [-0.25, -0.2) is 0 Å². The maximum atomic E-state index is 12.5. The van der Waals surface area contributed by atoms with Crippen molar-refractivity contribution in [3.05, 3.63) is 51.7 Å². The van der Waals surface area contributed by atoms with E-state index in [9.17, 15) is 13.6 Å². The van der Waals surface area contributed by atoms with Gasteiger partial charge in [0, 0.05) is 24.0 Å². The molecule has 150 valence electrons. The van der Waals surface area contributed by atoms with Crippen molar-refractivity contribution < 1.29 is 18.3 Å². The van der Waals surface area contributed by atoms with Crippen LogP contribution in [0.3, 0.4) is 0 Å². The average Bonchev–Trinajstić information content (AvgIpc) is 3.38. The summed E-state index contributed by atoms with van der Waals surface area (Å²) in [7, 11) is 0. The number of alkyl halides is 2. The normalized spacial score (nSPS) is 19.5. The fraction of sp³-hybridized carbons (Fsp3) is 0.476. The maximum absolute atomic E-state index is 12.5. The third-order valence-corrected chi connectivity index (χ3v) is 6.41. The number of rotatable bonds is 8. The minimum Gasteiger partial charge on any atom is -0.435 e. The Morgan fingerprint density at radius 3 is 2.75 bits per heavy atom. The van der Waals surface area contributed by atoms with Crippen molar-refractivity contribution in [3.63, 3.8) is 0 Å². The molecule has 2 heterocycles. The van der Waals surface area contributed by atoms with Crippen LogP contribution < -0.4 is 10.1 Å². The zero-order chi connectivity index (χ0) is 19.5. The van der Waals surface area contributed by atoms with Crippen LogP contribution in [0.15, 0.2) is 35.7 Å². The Labute approximate surface area is 167 Å². The molecule has 0 bridgehead atoms. The maximum Gasteiger partial charge on any atom is 0.387 e. The SMILES string of the molecule is O=C(CN1CCc2sccc2[C@H]1C1CC1)NCCc1ccc(OC(F)F)cc1. The molecule has 1 atom stereocenters. The number of carbonyl (C=O) groups excluding carboxylic acids is 1. The van der Waals surface area contributed by atoms with E-state index >= 15 is 0 Å². The van der Waals surface area contributed by atoms with Crippen molar-refractivity contribution in [2.75, 3.05) is 19.6 Å². The van der Waals surface area contributed by atoms with Crippen LogP contribution in [0.5, 0.6) is 5.75 Å². The molecule has 4 rings (SSSR count). The molecular formula is C21H24F2N2O2S. The summed E-state index contributed by atoms with van der Waals surface area (Å²) in [6.07, 6.45) is 4.19. The standard InChI is InChI=1S/C21H24F2N2O2S/c22-21(23)27-16-5-1-14(2-6-16)7-10-24-19(26)13-25-11-8-18-17(9-12-28-18)20(25)15-3-4-15/h1-2,5-6,9,12,15,20-21H,3-4,7-8,10-11,13H2,(H,24,26)/t20-/m1/s1. The fourth-order valence-corrected chi connectivity index (χ4v) is 4.88. The van der Waals surface area contributed by atoms with Gasteiger partial charge in [-0.05, 0) is 66.3 Å². The molecule has 1 aliphatic carbocycles. The van der Waals surface area contributed by atoms with E-state index in [0.717, 1.165) is 18.5 Å².